The predicted molar refractivity (Wildman–Crippen MR) is 64.1 cm³/mol. The topological polar surface area (TPSA) is 33.4 Å². The van der Waals surface area contributed by atoms with Crippen LogP contribution in [0.3, 0.4) is 0 Å². The van der Waals surface area contributed by atoms with Crippen molar-refractivity contribution in [2.45, 2.75) is 46.1 Å². The van der Waals surface area contributed by atoms with Crippen molar-refractivity contribution in [3.63, 3.8) is 0 Å². The Morgan fingerprint density at radius 2 is 1.88 bits per heavy atom. The van der Waals surface area contributed by atoms with Gasteiger partial charge in [-0.1, -0.05) is 13.8 Å². The lowest BCUT2D eigenvalue weighted by molar-refractivity contribution is 0.0547. The van der Waals surface area contributed by atoms with Gasteiger partial charge in [-0.25, -0.2) is 0 Å². The summed E-state index contributed by atoms with van der Waals surface area (Å²) in [6.45, 7) is 6.49. The third-order valence-electron chi connectivity index (χ3n) is 3.75. The number of aryl methyl sites for hydroxylation is 1. The van der Waals surface area contributed by atoms with Crippen LogP contribution in [0.1, 0.15) is 50.5 Å². The maximum absolute atomic E-state index is 10.3. The van der Waals surface area contributed by atoms with Crippen molar-refractivity contribution in [3.05, 3.63) is 23.7 Å². The van der Waals surface area contributed by atoms with Gasteiger partial charge in [-0.15, -0.1) is 0 Å². The van der Waals surface area contributed by atoms with E-state index in [1.165, 1.54) is 6.42 Å². The van der Waals surface area contributed by atoms with Gasteiger partial charge in [-0.3, -0.25) is 0 Å². The molecular formula is C14H22O2. The molecule has 1 aliphatic carbocycles. The van der Waals surface area contributed by atoms with Crippen molar-refractivity contribution in [1.29, 1.82) is 0 Å². The molecule has 2 nitrogen and oxygen atoms in total. The Morgan fingerprint density at radius 1 is 1.25 bits per heavy atom. The Labute approximate surface area is 97.7 Å². The summed E-state index contributed by atoms with van der Waals surface area (Å²) in [4.78, 5) is 0. The first-order chi connectivity index (χ1) is 7.56. The van der Waals surface area contributed by atoms with E-state index in [0.717, 1.165) is 36.0 Å². The number of hydrogen-bond acceptors (Lipinski definition) is 2. The Bertz CT molecular complexity index is 332. The normalized spacial score (nSPS) is 32.6. The van der Waals surface area contributed by atoms with E-state index in [1.807, 2.05) is 13.0 Å². The Morgan fingerprint density at radius 3 is 2.38 bits per heavy atom. The Kier molecular flexibility index (Phi) is 3.38. The van der Waals surface area contributed by atoms with Gasteiger partial charge in [-0.2, -0.15) is 0 Å². The average molecular weight is 222 g/mol. The summed E-state index contributed by atoms with van der Waals surface area (Å²) in [7, 11) is 0. The van der Waals surface area contributed by atoms with Crippen LogP contribution in [0, 0.1) is 24.7 Å². The van der Waals surface area contributed by atoms with Crippen LogP contribution in [0.2, 0.25) is 0 Å². The van der Waals surface area contributed by atoms with E-state index >= 15 is 0 Å². The molecule has 1 N–H and O–H groups in total. The van der Waals surface area contributed by atoms with Crippen molar-refractivity contribution >= 4 is 0 Å². The number of aliphatic hydroxyl groups excluding tert-OH is 1. The fourth-order valence-electron chi connectivity index (χ4n) is 3.16. The minimum atomic E-state index is -0.345. The van der Waals surface area contributed by atoms with E-state index in [9.17, 15) is 5.11 Å². The van der Waals surface area contributed by atoms with Gasteiger partial charge in [0.2, 0.25) is 0 Å². The molecule has 0 saturated heterocycles. The van der Waals surface area contributed by atoms with E-state index in [2.05, 4.69) is 13.8 Å². The summed E-state index contributed by atoms with van der Waals surface area (Å²) in [5, 5.41) is 10.3. The Balaban J connectivity index is 2.06. The van der Waals surface area contributed by atoms with Crippen molar-refractivity contribution in [3.8, 4) is 0 Å². The van der Waals surface area contributed by atoms with E-state index in [1.54, 1.807) is 6.26 Å². The number of rotatable bonds is 2. The van der Waals surface area contributed by atoms with Crippen molar-refractivity contribution in [2.75, 3.05) is 0 Å². The van der Waals surface area contributed by atoms with Crippen molar-refractivity contribution in [1.82, 2.24) is 0 Å². The van der Waals surface area contributed by atoms with Crippen LogP contribution in [0.4, 0.5) is 0 Å². The Hall–Kier alpha value is -0.760. The minimum absolute atomic E-state index is 0.345. The highest BCUT2D eigenvalue weighted by atomic mass is 16.3. The van der Waals surface area contributed by atoms with Crippen LogP contribution in [0.5, 0.6) is 0 Å². The highest BCUT2D eigenvalue weighted by Crippen LogP contribution is 2.39. The molecule has 1 fully saturated rings. The summed E-state index contributed by atoms with van der Waals surface area (Å²) in [5.74, 6) is 2.74. The molecule has 1 heterocycles. The molecule has 1 aromatic rings. The zero-order chi connectivity index (χ0) is 11.7. The second-order valence-electron chi connectivity index (χ2n) is 5.61. The van der Waals surface area contributed by atoms with E-state index in [-0.39, 0.29) is 6.10 Å². The SMILES string of the molecule is Cc1cc(C(O)C2CC(C)CC(C)C2)co1. The van der Waals surface area contributed by atoms with Crippen LogP contribution < -0.4 is 0 Å². The van der Waals surface area contributed by atoms with Gasteiger partial charge >= 0.3 is 0 Å². The van der Waals surface area contributed by atoms with Gasteiger partial charge in [0.25, 0.3) is 0 Å². The molecule has 0 bridgehead atoms. The second kappa shape index (κ2) is 4.62. The number of aliphatic hydroxyl groups is 1. The first kappa shape index (κ1) is 11.7. The molecule has 3 unspecified atom stereocenters. The largest absolute Gasteiger partial charge is 0.469 e. The smallest absolute Gasteiger partial charge is 0.101 e. The van der Waals surface area contributed by atoms with Gasteiger partial charge in [0.15, 0.2) is 0 Å². The van der Waals surface area contributed by atoms with Gasteiger partial charge in [0.05, 0.1) is 12.4 Å². The molecule has 0 amide bonds. The molecule has 2 rings (SSSR count). The van der Waals surface area contributed by atoms with Crippen LogP contribution in [-0.4, -0.2) is 5.11 Å². The maximum Gasteiger partial charge on any atom is 0.101 e. The van der Waals surface area contributed by atoms with E-state index in [0.29, 0.717) is 5.92 Å². The molecule has 1 aliphatic rings. The standard InChI is InChI=1S/C14H22O2/c1-9-4-10(2)6-12(5-9)14(15)13-7-11(3)16-8-13/h7-10,12,14-15H,4-6H2,1-3H3. The lowest BCUT2D eigenvalue weighted by Gasteiger charge is -2.34. The minimum Gasteiger partial charge on any atom is -0.469 e. The second-order valence-corrected chi connectivity index (χ2v) is 5.61. The summed E-state index contributed by atoms with van der Waals surface area (Å²) < 4.78 is 5.27. The lowest BCUT2D eigenvalue weighted by Crippen LogP contribution is -2.24. The third kappa shape index (κ3) is 2.49. The molecule has 0 aromatic carbocycles. The van der Waals surface area contributed by atoms with Gasteiger partial charge in [-0.05, 0) is 50.0 Å². The zero-order valence-corrected chi connectivity index (χ0v) is 10.4. The third-order valence-corrected chi connectivity index (χ3v) is 3.75. The molecule has 16 heavy (non-hydrogen) atoms. The van der Waals surface area contributed by atoms with E-state index in [4.69, 9.17) is 4.42 Å². The predicted octanol–water partition coefficient (Wildman–Crippen LogP) is 3.69. The monoisotopic (exact) mass is 222 g/mol. The van der Waals surface area contributed by atoms with Crippen LogP contribution in [-0.2, 0) is 0 Å². The van der Waals surface area contributed by atoms with Crippen LogP contribution in [0.25, 0.3) is 0 Å². The van der Waals surface area contributed by atoms with Crippen LogP contribution in [0.15, 0.2) is 16.7 Å². The number of hydrogen-bond donors (Lipinski definition) is 1. The summed E-state index contributed by atoms with van der Waals surface area (Å²) in [5.41, 5.74) is 0.948. The molecule has 2 heteroatoms. The highest BCUT2D eigenvalue weighted by Gasteiger charge is 2.30. The zero-order valence-electron chi connectivity index (χ0n) is 10.4. The molecule has 3 atom stereocenters. The van der Waals surface area contributed by atoms with Gasteiger partial charge in [0.1, 0.15) is 5.76 Å². The summed E-state index contributed by atoms with van der Waals surface area (Å²) >= 11 is 0. The molecule has 0 spiro atoms. The number of furan rings is 1. The fraction of sp³-hybridized carbons (Fsp3) is 0.714. The van der Waals surface area contributed by atoms with Crippen LogP contribution >= 0.6 is 0 Å². The van der Waals surface area contributed by atoms with Crippen molar-refractivity contribution < 1.29 is 9.52 Å². The van der Waals surface area contributed by atoms with E-state index < -0.39 is 0 Å². The van der Waals surface area contributed by atoms with Gasteiger partial charge in [0, 0.05) is 5.56 Å². The molecule has 0 radical (unpaired) electrons. The lowest BCUT2D eigenvalue weighted by atomic mass is 9.73. The fourth-order valence-corrected chi connectivity index (χ4v) is 3.16. The molecule has 1 saturated carbocycles. The first-order valence-corrected chi connectivity index (χ1v) is 6.29. The molecular weight excluding hydrogens is 200 g/mol. The molecule has 1 aromatic heterocycles. The molecule has 90 valence electrons. The maximum atomic E-state index is 10.3. The molecule has 0 aliphatic heterocycles. The van der Waals surface area contributed by atoms with Gasteiger partial charge < -0.3 is 9.52 Å². The highest BCUT2D eigenvalue weighted by molar-refractivity contribution is 5.15. The summed E-state index contributed by atoms with van der Waals surface area (Å²) in [6, 6.07) is 1.95. The first-order valence-electron chi connectivity index (χ1n) is 6.29. The average Bonchev–Trinajstić information content (AvgIpc) is 2.62. The summed E-state index contributed by atoms with van der Waals surface area (Å²) in [6.07, 6.45) is 4.92. The quantitative estimate of drug-likeness (QED) is 0.827. The van der Waals surface area contributed by atoms with Crippen molar-refractivity contribution in [2.24, 2.45) is 17.8 Å².